The van der Waals surface area contributed by atoms with E-state index in [2.05, 4.69) is 61.2 Å². The number of halogens is 1. The van der Waals surface area contributed by atoms with Crippen LogP contribution in [0.15, 0.2) is 42.5 Å². The predicted molar refractivity (Wildman–Crippen MR) is 113 cm³/mol. The van der Waals surface area contributed by atoms with Crippen LogP contribution in [0.2, 0.25) is 0 Å². The summed E-state index contributed by atoms with van der Waals surface area (Å²) < 4.78 is 0. The Morgan fingerprint density at radius 3 is 2.52 bits per heavy atom. The molecule has 1 N–H and O–H groups in total. The van der Waals surface area contributed by atoms with Crippen LogP contribution < -0.4 is 0 Å². The quantitative estimate of drug-likeness (QED) is 0.758. The third-order valence-corrected chi connectivity index (χ3v) is 7.34. The van der Waals surface area contributed by atoms with Crippen molar-refractivity contribution in [1.82, 2.24) is 4.90 Å². The first-order valence-corrected chi connectivity index (χ1v) is 10.2. The lowest BCUT2D eigenvalue weighted by Gasteiger charge is -2.50. The second-order valence-electron chi connectivity index (χ2n) is 8.89. The number of piperidine rings is 1. The van der Waals surface area contributed by atoms with Crippen molar-refractivity contribution in [2.45, 2.75) is 57.1 Å². The Hall–Kier alpha value is -1.35. The maximum atomic E-state index is 11.2. The monoisotopic (exact) mass is 383 g/mol. The number of fused-ring (bicyclic) bond motifs is 4. The van der Waals surface area contributed by atoms with E-state index in [0.717, 1.165) is 38.8 Å². The summed E-state index contributed by atoms with van der Waals surface area (Å²) in [5.41, 5.74) is 7.11. The zero-order valence-corrected chi connectivity index (χ0v) is 17.1. The number of hydrogen-bond donors (Lipinski definition) is 1. The molecular formula is C24H30ClNO. The van der Waals surface area contributed by atoms with Gasteiger partial charge in [0.25, 0.3) is 0 Å². The Balaban J connectivity index is 0.00000180. The van der Waals surface area contributed by atoms with Crippen LogP contribution in [0, 0.1) is 5.92 Å². The first-order valence-electron chi connectivity index (χ1n) is 10.2. The van der Waals surface area contributed by atoms with Gasteiger partial charge in [0.2, 0.25) is 0 Å². The predicted octanol–water partition coefficient (Wildman–Crippen LogP) is 4.88. The van der Waals surface area contributed by atoms with E-state index in [1.54, 1.807) is 5.56 Å². The lowest BCUT2D eigenvalue weighted by molar-refractivity contribution is -0.0822. The molecule has 27 heavy (non-hydrogen) atoms. The van der Waals surface area contributed by atoms with Crippen LogP contribution in [0.3, 0.4) is 0 Å². The molecule has 1 fully saturated rings. The Kier molecular flexibility index (Phi) is 4.86. The minimum atomic E-state index is -0.528. The Labute approximate surface area is 169 Å². The summed E-state index contributed by atoms with van der Waals surface area (Å²) in [4.78, 5) is 2.65. The molecule has 1 saturated heterocycles. The molecule has 3 aliphatic rings. The number of rotatable bonds is 1. The summed E-state index contributed by atoms with van der Waals surface area (Å²) in [7, 11) is 0. The van der Waals surface area contributed by atoms with Gasteiger partial charge >= 0.3 is 0 Å². The SMILES string of the molecule is CC(C)[C@@]1(O)CCN2C[C@H]3c4ccccc4CCc4cccc(c43)[C@@H]2C1.Cl. The molecule has 2 heterocycles. The molecule has 0 spiro atoms. The highest BCUT2D eigenvalue weighted by Crippen LogP contribution is 2.49. The fraction of sp³-hybridized carbons (Fsp3) is 0.500. The minimum Gasteiger partial charge on any atom is -0.390 e. The van der Waals surface area contributed by atoms with Crippen molar-refractivity contribution in [2.75, 3.05) is 13.1 Å². The van der Waals surface area contributed by atoms with Gasteiger partial charge in [-0.05, 0) is 59.4 Å². The first kappa shape index (κ1) is 19.0. The highest BCUT2D eigenvalue weighted by Gasteiger charge is 2.45. The average molecular weight is 384 g/mol. The molecule has 5 rings (SSSR count). The molecule has 2 nitrogen and oxygen atoms in total. The lowest BCUT2D eigenvalue weighted by Crippen LogP contribution is -2.51. The van der Waals surface area contributed by atoms with Crippen molar-refractivity contribution >= 4 is 12.4 Å². The molecule has 0 radical (unpaired) electrons. The Bertz CT molecular complexity index is 848. The fourth-order valence-electron chi connectivity index (χ4n) is 5.63. The first-order chi connectivity index (χ1) is 12.6. The second kappa shape index (κ2) is 6.92. The van der Waals surface area contributed by atoms with Crippen LogP contribution in [-0.2, 0) is 12.8 Å². The van der Waals surface area contributed by atoms with Crippen LogP contribution in [-0.4, -0.2) is 28.7 Å². The van der Waals surface area contributed by atoms with E-state index in [1.807, 2.05) is 0 Å². The molecule has 144 valence electrons. The minimum absolute atomic E-state index is 0. The number of benzene rings is 2. The highest BCUT2D eigenvalue weighted by atomic mass is 35.5. The molecule has 3 atom stereocenters. The van der Waals surface area contributed by atoms with Crippen LogP contribution in [0.25, 0.3) is 0 Å². The van der Waals surface area contributed by atoms with E-state index < -0.39 is 5.60 Å². The summed E-state index contributed by atoms with van der Waals surface area (Å²) in [6.45, 7) is 6.44. The molecule has 2 aromatic rings. The third kappa shape index (κ3) is 2.93. The summed E-state index contributed by atoms with van der Waals surface area (Å²) in [6.07, 6.45) is 4.04. The van der Waals surface area contributed by atoms with E-state index in [-0.39, 0.29) is 12.4 Å². The van der Waals surface area contributed by atoms with Gasteiger partial charge in [0.1, 0.15) is 0 Å². The number of aryl methyl sites for hydroxylation is 2. The second-order valence-corrected chi connectivity index (χ2v) is 8.89. The van der Waals surface area contributed by atoms with Gasteiger partial charge < -0.3 is 5.11 Å². The van der Waals surface area contributed by atoms with Gasteiger partial charge in [0.15, 0.2) is 0 Å². The Morgan fingerprint density at radius 1 is 1.00 bits per heavy atom. The number of nitrogens with zero attached hydrogens (tertiary/aromatic N) is 1. The van der Waals surface area contributed by atoms with Crippen molar-refractivity contribution < 1.29 is 5.11 Å². The van der Waals surface area contributed by atoms with E-state index in [1.165, 1.54) is 22.3 Å². The van der Waals surface area contributed by atoms with Crippen LogP contribution >= 0.6 is 12.4 Å². The standard InChI is InChI=1S/C24H29NO.ClH/c1-16(2)24(26)12-13-25-15-21-19-8-4-3-6-17(19)10-11-18-7-5-9-20(23(18)21)22(25)14-24;/h3-9,16,21-22,26H,10-15H2,1-2H3;1H/t21-,22-,24+;/m0./s1. The zero-order chi connectivity index (χ0) is 17.9. The number of hydrogen-bond acceptors (Lipinski definition) is 2. The molecule has 2 aromatic carbocycles. The van der Waals surface area contributed by atoms with E-state index >= 15 is 0 Å². The van der Waals surface area contributed by atoms with Crippen LogP contribution in [0.1, 0.15) is 66.5 Å². The van der Waals surface area contributed by atoms with Crippen molar-refractivity contribution in [3.63, 3.8) is 0 Å². The van der Waals surface area contributed by atoms with Crippen molar-refractivity contribution in [3.05, 3.63) is 70.3 Å². The molecule has 0 bridgehead atoms. The van der Waals surface area contributed by atoms with E-state index in [4.69, 9.17) is 0 Å². The van der Waals surface area contributed by atoms with Gasteiger partial charge in [-0.3, -0.25) is 4.90 Å². The zero-order valence-electron chi connectivity index (χ0n) is 16.3. The molecule has 0 aromatic heterocycles. The van der Waals surface area contributed by atoms with Gasteiger partial charge in [-0.2, -0.15) is 0 Å². The molecular weight excluding hydrogens is 354 g/mol. The summed E-state index contributed by atoms with van der Waals surface area (Å²) in [5, 5.41) is 11.2. The smallest absolute Gasteiger partial charge is 0.0700 e. The fourth-order valence-corrected chi connectivity index (χ4v) is 5.63. The third-order valence-electron chi connectivity index (χ3n) is 7.34. The number of aliphatic hydroxyl groups is 1. The van der Waals surface area contributed by atoms with Gasteiger partial charge in [-0.1, -0.05) is 56.3 Å². The van der Waals surface area contributed by atoms with Gasteiger partial charge in [0.05, 0.1) is 5.60 Å². The maximum absolute atomic E-state index is 11.2. The van der Waals surface area contributed by atoms with Gasteiger partial charge in [0, 0.05) is 25.0 Å². The largest absolute Gasteiger partial charge is 0.390 e. The average Bonchev–Trinajstić information content (AvgIpc) is 2.81. The highest BCUT2D eigenvalue weighted by molar-refractivity contribution is 5.85. The van der Waals surface area contributed by atoms with Gasteiger partial charge in [-0.25, -0.2) is 0 Å². The molecule has 0 unspecified atom stereocenters. The normalized spacial score (nSPS) is 29.2. The topological polar surface area (TPSA) is 23.5 Å². The summed E-state index contributed by atoms with van der Waals surface area (Å²) >= 11 is 0. The summed E-state index contributed by atoms with van der Waals surface area (Å²) in [5.74, 6) is 0.798. The van der Waals surface area contributed by atoms with Crippen molar-refractivity contribution in [1.29, 1.82) is 0 Å². The molecule has 0 amide bonds. The molecule has 3 heteroatoms. The maximum Gasteiger partial charge on any atom is 0.0700 e. The van der Waals surface area contributed by atoms with Crippen molar-refractivity contribution in [2.24, 2.45) is 5.92 Å². The van der Waals surface area contributed by atoms with E-state index in [9.17, 15) is 5.11 Å². The van der Waals surface area contributed by atoms with Crippen LogP contribution in [0.4, 0.5) is 0 Å². The molecule has 0 saturated carbocycles. The summed E-state index contributed by atoms with van der Waals surface area (Å²) in [6, 6.07) is 16.3. The van der Waals surface area contributed by atoms with E-state index in [0.29, 0.717) is 17.9 Å². The lowest BCUT2D eigenvalue weighted by atomic mass is 9.71. The van der Waals surface area contributed by atoms with Crippen LogP contribution in [0.5, 0.6) is 0 Å². The molecule has 1 aliphatic carbocycles. The molecule has 2 aliphatic heterocycles. The van der Waals surface area contributed by atoms with Crippen molar-refractivity contribution in [3.8, 4) is 0 Å². The van der Waals surface area contributed by atoms with Gasteiger partial charge in [-0.15, -0.1) is 12.4 Å². The Morgan fingerprint density at radius 2 is 1.70 bits per heavy atom.